The van der Waals surface area contributed by atoms with Gasteiger partial charge in [0.15, 0.2) is 0 Å². The van der Waals surface area contributed by atoms with Gasteiger partial charge in [-0.3, -0.25) is 4.98 Å². The Bertz CT molecular complexity index is 390. The van der Waals surface area contributed by atoms with Gasteiger partial charge in [0.05, 0.1) is 12.6 Å². The fourth-order valence-electron chi connectivity index (χ4n) is 1.77. The molecule has 1 atom stereocenters. The normalized spacial score (nSPS) is 12.3. The van der Waals surface area contributed by atoms with Crippen molar-refractivity contribution >= 4 is 6.03 Å². The number of aliphatic hydroxyl groups excluding tert-OH is 1. The summed E-state index contributed by atoms with van der Waals surface area (Å²) in [5.74, 6) is 0.429. The second kappa shape index (κ2) is 7.74. The monoisotopic (exact) mass is 265 g/mol. The predicted octanol–water partition coefficient (Wildman–Crippen LogP) is 1.60. The molecule has 0 aliphatic heterocycles. The third-order valence-corrected chi connectivity index (χ3v) is 2.74. The first kappa shape index (κ1) is 15.4. The van der Waals surface area contributed by atoms with Crippen molar-refractivity contribution < 1.29 is 9.90 Å². The van der Waals surface area contributed by atoms with Gasteiger partial charge in [0.2, 0.25) is 0 Å². The highest BCUT2D eigenvalue weighted by molar-refractivity contribution is 5.74. The molecule has 0 spiro atoms. The van der Waals surface area contributed by atoms with E-state index in [0.29, 0.717) is 12.5 Å². The van der Waals surface area contributed by atoms with E-state index >= 15 is 0 Å². The van der Waals surface area contributed by atoms with E-state index in [9.17, 15) is 9.90 Å². The molecule has 0 radical (unpaired) electrons. The van der Waals surface area contributed by atoms with Gasteiger partial charge in [0, 0.05) is 18.4 Å². The highest BCUT2D eigenvalue weighted by Gasteiger charge is 2.12. The van der Waals surface area contributed by atoms with Crippen LogP contribution in [0.2, 0.25) is 0 Å². The zero-order valence-electron chi connectivity index (χ0n) is 11.8. The van der Waals surface area contributed by atoms with E-state index in [1.165, 1.54) is 0 Å². The minimum absolute atomic E-state index is 0.0440. The van der Waals surface area contributed by atoms with Crippen LogP contribution >= 0.6 is 0 Å². The molecule has 0 aromatic carbocycles. The van der Waals surface area contributed by atoms with Crippen LogP contribution in [0.3, 0.4) is 0 Å². The maximum absolute atomic E-state index is 11.7. The second-order valence-corrected chi connectivity index (χ2v) is 5.14. The third kappa shape index (κ3) is 6.20. The zero-order valence-corrected chi connectivity index (χ0v) is 11.8. The molecule has 0 aliphatic rings. The Kier molecular flexibility index (Phi) is 6.29. The lowest BCUT2D eigenvalue weighted by molar-refractivity contribution is 0.206. The second-order valence-electron chi connectivity index (χ2n) is 5.14. The summed E-state index contributed by atoms with van der Waals surface area (Å²) in [6.07, 6.45) is 2.50. The topological polar surface area (TPSA) is 74.2 Å². The van der Waals surface area contributed by atoms with Crippen LogP contribution in [0.4, 0.5) is 4.79 Å². The maximum Gasteiger partial charge on any atom is 0.315 e. The molecule has 106 valence electrons. The van der Waals surface area contributed by atoms with Gasteiger partial charge >= 0.3 is 6.03 Å². The Balaban J connectivity index is 2.36. The highest BCUT2D eigenvalue weighted by Crippen LogP contribution is 2.04. The highest BCUT2D eigenvalue weighted by atomic mass is 16.3. The predicted molar refractivity (Wildman–Crippen MR) is 74.7 cm³/mol. The number of aliphatic hydroxyl groups is 1. The Labute approximate surface area is 114 Å². The molecule has 1 unspecified atom stereocenters. The molecule has 0 fully saturated rings. The number of carbonyl (C=O) groups excluding carboxylic acids is 1. The van der Waals surface area contributed by atoms with Crippen LogP contribution in [0.15, 0.2) is 18.3 Å². The molecule has 1 aromatic rings. The van der Waals surface area contributed by atoms with Crippen LogP contribution in [0.5, 0.6) is 0 Å². The summed E-state index contributed by atoms with van der Waals surface area (Å²) in [5.41, 5.74) is 1.90. The zero-order chi connectivity index (χ0) is 14.3. The van der Waals surface area contributed by atoms with Crippen molar-refractivity contribution in [2.45, 2.75) is 39.8 Å². The van der Waals surface area contributed by atoms with E-state index in [1.54, 1.807) is 6.20 Å². The summed E-state index contributed by atoms with van der Waals surface area (Å²) in [6, 6.07) is 3.38. The molecule has 0 saturated heterocycles. The van der Waals surface area contributed by atoms with E-state index in [2.05, 4.69) is 29.5 Å². The molecule has 1 aromatic heterocycles. The first-order valence-electron chi connectivity index (χ1n) is 6.58. The lowest BCUT2D eigenvalue weighted by atomic mass is 10.0. The van der Waals surface area contributed by atoms with Crippen molar-refractivity contribution in [3.8, 4) is 0 Å². The summed E-state index contributed by atoms with van der Waals surface area (Å²) in [7, 11) is 0. The Morgan fingerprint density at radius 2 is 2.16 bits per heavy atom. The standard InChI is InChI=1S/C14H23N3O2/c1-10(2)6-13(9-18)17-14(19)16-8-12-5-4-11(3)15-7-12/h4-5,7,10,13,18H,6,8-9H2,1-3H3,(H2,16,17,19). The first-order chi connectivity index (χ1) is 9.01. The van der Waals surface area contributed by atoms with Crippen molar-refractivity contribution in [3.05, 3.63) is 29.6 Å². The fourth-order valence-corrected chi connectivity index (χ4v) is 1.77. The molecule has 5 heteroatoms. The van der Waals surface area contributed by atoms with Crippen LogP contribution in [0, 0.1) is 12.8 Å². The van der Waals surface area contributed by atoms with Crippen molar-refractivity contribution in [2.24, 2.45) is 5.92 Å². The van der Waals surface area contributed by atoms with E-state index in [1.807, 2.05) is 19.1 Å². The number of urea groups is 1. The van der Waals surface area contributed by atoms with Crippen LogP contribution in [0.25, 0.3) is 0 Å². The Hall–Kier alpha value is -1.62. The Morgan fingerprint density at radius 1 is 1.42 bits per heavy atom. The van der Waals surface area contributed by atoms with Gasteiger partial charge in [0.25, 0.3) is 0 Å². The van der Waals surface area contributed by atoms with Gasteiger partial charge < -0.3 is 15.7 Å². The number of aromatic nitrogens is 1. The minimum atomic E-state index is -0.264. The van der Waals surface area contributed by atoms with Crippen molar-refractivity contribution in [2.75, 3.05) is 6.61 Å². The molecular weight excluding hydrogens is 242 g/mol. The SMILES string of the molecule is Cc1ccc(CNC(=O)NC(CO)CC(C)C)cn1. The van der Waals surface area contributed by atoms with Gasteiger partial charge in [-0.2, -0.15) is 0 Å². The number of nitrogens with one attached hydrogen (secondary N) is 2. The molecule has 0 bridgehead atoms. The molecule has 0 saturated carbocycles. The lowest BCUT2D eigenvalue weighted by Crippen LogP contribution is -2.44. The van der Waals surface area contributed by atoms with Crippen molar-refractivity contribution in [1.82, 2.24) is 15.6 Å². The van der Waals surface area contributed by atoms with Crippen LogP contribution < -0.4 is 10.6 Å². The molecule has 5 nitrogen and oxygen atoms in total. The number of pyridine rings is 1. The number of hydrogen-bond donors (Lipinski definition) is 3. The van der Waals surface area contributed by atoms with E-state index in [4.69, 9.17) is 0 Å². The van der Waals surface area contributed by atoms with E-state index in [0.717, 1.165) is 17.7 Å². The van der Waals surface area contributed by atoms with Gasteiger partial charge in [-0.25, -0.2) is 4.79 Å². The molecule has 3 N–H and O–H groups in total. The summed E-state index contributed by atoms with van der Waals surface area (Å²) < 4.78 is 0. The molecule has 0 aliphatic carbocycles. The van der Waals surface area contributed by atoms with Crippen LogP contribution in [-0.4, -0.2) is 28.8 Å². The van der Waals surface area contributed by atoms with Crippen LogP contribution in [-0.2, 0) is 6.54 Å². The quantitative estimate of drug-likeness (QED) is 0.731. The number of carbonyl (C=O) groups is 1. The number of nitrogens with zero attached hydrogens (tertiary/aromatic N) is 1. The van der Waals surface area contributed by atoms with Gasteiger partial charge in [-0.05, 0) is 30.9 Å². The molecule has 1 heterocycles. The van der Waals surface area contributed by atoms with Crippen molar-refractivity contribution in [1.29, 1.82) is 0 Å². The minimum Gasteiger partial charge on any atom is -0.394 e. The average Bonchev–Trinajstić information content (AvgIpc) is 2.36. The number of amides is 2. The van der Waals surface area contributed by atoms with Gasteiger partial charge in [-0.15, -0.1) is 0 Å². The van der Waals surface area contributed by atoms with Gasteiger partial charge in [0.1, 0.15) is 0 Å². The molecule has 19 heavy (non-hydrogen) atoms. The Morgan fingerprint density at radius 3 is 2.68 bits per heavy atom. The molecule has 2 amide bonds. The lowest BCUT2D eigenvalue weighted by Gasteiger charge is -2.18. The number of hydrogen-bond acceptors (Lipinski definition) is 3. The van der Waals surface area contributed by atoms with Crippen molar-refractivity contribution in [3.63, 3.8) is 0 Å². The van der Waals surface area contributed by atoms with Crippen LogP contribution in [0.1, 0.15) is 31.5 Å². The van der Waals surface area contributed by atoms with E-state index in [-0.39, 0.29) is 18.7 Å². The fraction of sp³-hybridized carbons (Fsp3) is 0.571. The first-order valence-corrected chi connectivity index (χ1v) is 6.58. The summed E-state index contributed by atoms with van der Waals surface area (Å²) in [5, 5.41) is 14.7. The molecular formula is C14H23N3O2. The summed E-state index contributed by atoms with van der Waals surface area (Å²) in [4.78, 5) is 15.8. The largest absolute Gasteiger partial charge is 0.394 e. The summed E-state index contributed by atoms with van der Waals surface area (Å²) in [6.45, 7) is 6.42. The maximum atomic E-state index is 11.7. The smallest absolute Gasteiger partial charge is 0.315 e. The number of rotatable bonds is 6. The average molecular weight is 265 g/mol. The van der Waals surface area contributed by atoms with Gasteiger partial charge in [-0.1, -0.05) is 19.9 Å². The number of aryl methyl sites for hydroxylation is 1. The third-order valence-electron chi connectivity index (χ3n) is 2.74. The summed E-state index contributed by atoms with van der Waals surface area (Å²) >= 11 is 0. The molecule has 1 rings (SSSR count). The van der Waals surface area contributed by atoms with E-state index < -0.39 is 0 Å².